The molecule has 0 unspecified atom stereocenters. The first kappa shape index (κ1) is 24.3. The van der Waals surface area contributed by atoms with Crippen LogP contribution in [-0.4, -0.2) is 49.2 Å². The molecule has 33 heavy (non-hydrogen) atoms. The van der Waals surface area contributed by atoms with E-state index in [2.05, 4.69) is 5.32 Å². The van der Waals surface area contributed by atoms with Crippen molar-refractivity contribution in [3.05, 3.63) is 64.2 Å². The van der Waals surface area contributed by atoms with E-state index in [0.717, 1.165) is 38.2 Å². The van der Waals surface area contributed by atoms with Crippen LogP contribution in [0.25, 0.3) is 0 Å². The molecule has 0 aliphatic heterocycles. The molecule has 1 fully saturated rings. The molecule has 2 aromatic rings. The fourth-order valence-electron chi connectivity index (χ4n) is 3.79. The fraction of sp³-hybridized carbons (Fsp3) is 0.364. The van der Waals surface area contributed by atoms with Gasteiger partial charge in [-0.15, -0.1) is 0 Å². The van der Waals surface area contributed by atoms with Crippen molar-refractivity contribution in [3.8, 4) is 0 Å². The highest BCUT2D eigenvalue weighted by molar-refractivity contribution is 7.89. The van der Waals surface area contributed by atoms with Gasteiger partial charge in [0.15, 0.2) is 6.61 Å². The molecular formula is C22H25N3O7S. The predicted molar refractivity (Wildman–Crippen MR) is 120 cm³/mol. The van der Waals surface area contributed by atoms with E-state index in [1.165, 1.54) is 34.6 Å². The van der Waals surface area contributed by atoms with Gasteiger partial charge in [-0.3, -0.25) is 14.9 Å². The number of benzene rings is 2. The molecule has 0 spiro atoms. The standard InChI is InChI=1S/C22H25N3O7S/c1-24(16-9-3-2-4-10-16)33(30,31)20-14-8-6-12-18(20)23-21(26)15-32-22(27)17-11-5-7-13-19(17)25(28)29/h5-8,11-14,16H,2-4,9-10,15H2,1H3,(H,23,26). The van der Waals surface area contributed by atoms with Gasteiger partial charge in [0, 0.05) is 19.2 Å². The van der Waals surface area contributed by atoms with Gasteiger partial charge in [0.05, 0.1) is 10.6 Å². The zero-order valence-corrected chi connectivity index (χ0v) is 18.9. The van der Waals surface area contributed by atoms with Crippen molar-refractivity contribution in [3.63, 3.8) is 0 Å². The lowest BCUT2D eigenvalue weighted by Crippen LogP contribution is -2.38. The second kappa shape index (κ2) is 10.5. The van der Waals surface area contributed by atoms with Crippen molar-refractivity contribution in [1.29, 1.82) is 0 Å². The fourth-order valence-corrected chi connectivity index (χ4v) is 5.35. The molecule has 11 heteroatoms. The topological polar surface area (TPSA) is 136 Å². The van der Waals surface area contributed by atoms with E-state index in [4.69, 9.17) is 4.74 Å². The maximum atomic E-state index is 13.2. The average Bonchev–Trinajstić information content (AvgIpc) is 2.82. The number of carbonyl (C=O) groups excluding carboxylic acids is 2. The molecular weight excluding hydrogens is 450 g/mol. The van der Waals surface area contributed by atoms with Crippen LogP contribution in [0.5, 0.6) is 0 Å². The van der Waals surface area contributed by atoms with Crippen LogP contribution in [0.3, 0.4) is 0 Å². The Hall–Kier alpha value is -3.31. The SMILES string of the molecule is CN(C1CCCCC1)S(=O)(=O)c1ccccc1NC(=O)COC(=O)c1ccccc1[N+](=O)[O-]. The third-order valence-corrected chi connectivity index (χ3v) is 7.53. The maximum Gasteiger partial charge on any atom is 0.345 e. The van der Waals surface area contributed by atoms with Crippen molar-refractivity contribution in [2.24, 2.45) is 0 Å². The van der Waals surface area contributed by atoms with Crippen molar-refractivity contribution in [2.45, 2.75) is 43.0 Å². The maximum absolute atomic E-state index is 13.2. The zero-order chi connectivity index (χ0) is 24.0. The van der Waals surface area contributed by atoms with Gasteiger partial charge in [-0.25, -0.2) is 13.2 Å². The molecule has 0 atom stereocenters. The quantitative estimate of drug-likeness (QED) is 0.351. The number of esters is 1. The number of carbonyl (C=O) groups is 2. The molecule has 1 saturated carbocycles. The number of nitrogens with one attached hydrogen (secondary N) is 1. The van der Waals surface area contributed by atoms with Crippen LogP contribution in [0, 0.1) is 10.1 Å². The molecule has 176 valence electrons. The molecule has 10 nitrogen and oxygen atoms in total. The number of rotatable bonds is 8. The molecule has 1 aliphatic carbocycles. The van der Waals surface area contributed by atoms with E-state index in [-0.39, 0.29) is 22.2 Å². The van der Waals surface area contributed by atoms with E-state index in [9.17, 15) is 28.1 Å². The van der Waals surface area contributed by atoms with E-state index in [1.54, 1.807) is 19.2 Å². The number of nitro groups is 1. The Kier molecular flexibility index (Phi) is 7.77. The Morgan fingerprint density at radius 1 is 1.09 bits per heavy atom. The van der Waals surface area contributed by atoms with Crippen LogP contribution in [0.4, 0.5) is 11.4 Å². The first-order valence-corrected chi connectivity index (χ1v) is 11.9. The lowest BCUT2D eigenvalue weighted by Gasteiger charge is -2.30. The molecule has 0 heterocycles. The molecule has 1 amide bonds. The minimum Gasteiger partial charge on any atom is -0.452 e. The largest absolute Gasteiger partial charge is 0.452 e. The number of hydrogen-bond acceptors (Lipinski definition) is 7. The highest BCUT2D eigenvalue weighted by Gasteiger charge is 2.31. The van der Waals surface area contributed by atoms with E-state index in [1.807, 2.05) is 0 Å². The molecule has 0 aromatic heterocycles. The summed E-state index contributed by atoms with van der Waals surface area (Å²) in [4.78, 5) is 34.9. The van der Waals surface area contributed by atoms with Gasteiger partial charge in [-0.1, -0.05) is 43.5 Å². The number of para-hydroxylation sites is 2. The molecule has 3 rings (SSSR count). The Bertz CT molecular complexity index is 1140. The van der Waals surface area contributed by atoms with Crippen LogP contribution in [0.15, 0.2) is 53.4 Å². The summed E-state index contributed by atoms with van der Waals surface area (Å²) in [6, 6.07) is 11.1. The smallest absolute Gasteiger partial charge is 0.345 e. The number of nitro benzene ring substituents is 1. The summed E-state index contributed by atoms with van der Waals surface area (Å²) in [5, 5.41) is 13.5. The van der Waals surface area contributed by atoms with E-state index in [0.29, 0.717) is 0 Å². The summed E-state index contributed by atoms with van der Waals surface area (Å²) < 4.78 is 32.7. The Labute approximate surface area is 191 Å². The third kappa shape index (κ3) is 5.74. The second-order valence-corrected chi connectivity index (χ2v) is 9.67. The van der Waals surface area contributed by atoms with Gasteiger partial charge in [-0.05, 0) is 31.0 Å². The van der Waals surface area contributed by atoms with Crippen molar-refractivity contribution in [2.75, 3.05) is 19.0 Å². The lowest BCUT2D eigenvalue weighted by atomic mass is 9.96. The summed E-state index contributed by atoms with van der Waals surface area (Å²) in [5.74, 6) is -1.81. The number of amides is 1. The number of sulfonamides is 1. The number of nitrogens with zero attached hydrogens (tertiary/aromatic N) is 2. The first-order chi connectivity index (χ1) is 15.7. The van der Waals surface area contributed by atoms with Crippen molar-refractivity contribution in [1.82, 2.24) is 4.31 Å². The highest BCUT2D eigenvalue weighted by atomic mass is 32.2. The predicted octanol–water partition coefficient (Wildman–Crippen LogP) is 3.34. The highest BCUT2D eigenvalue weighted by Crippen LogP contribution is 2.29. The third-order valence-electron chi connectivity index (χ3n) is 5.56. The van der Waals surface area contributed by atoms with Gasteiger partial charge in [0.1, 0.15) is 10.5 Å². The van der Waals surface area contributed by atoms with E-state index < -0.39 is 39.1 Å². The summed E-state index contributed by atoms with van der Waals surface area (Å²) >= 11 is 0. The summed E-state index contributed by atoms with van der Waals surface area (Å²) in [7, 11) is -2.33. The normalized spacial score (nSPS) is 14.6. The number of anilines is 1. The van der Waals surface area contributed by atoms with Crippen molar-refractivity contribution < 1.29 is 27.7 Å². The van der Waals surface area contributed by atoms with Crippen LogP contribution in [0.2, 0.25) is 0 Å². The van der Waals surface area contributed by atoms with Gasteiger partial charge in [0.25, 0.3) is 11.6 Å². The van der Waals surface area contributed by atoms with Gasteiger partial charge >= 0.3 is 5.97 Å². The first-order valence-electron chi connectivity index (χ1n) is 10.5. The van der Waals surface area contributed by atoms with Crippen LogP contribution >= 0.6 is 0 Å². The Morgan fingerprint density at radius 3 is 2.42 bits per heavy atom. The second-order valence-electron chi connectivity index (χ2n) is 7.71. The molecule has 2 aromatic carbocycles. The molecule has 0 saturated heterocycles. The van der Waals surface area contributed by atoms with Gasteiger partial charge in [0.2, 0.25) is 10.0 Å². The zero-order valence-electron chi connectivity index (χ0n) is 18.1. The van der Waals surface area contributed by atoms with Crippen LogP contribution in [-0.2, 0) is 19.6 Å². The van der Waals surface area contributed by atoms with E-state index >= 15 is 0 Å². The monoisotopic (exact) mass is 475 g/mol. The minimum absolute atomic E-state index is 0.0588. The summed E-state index contributed by atoms with van der Waals surface area (Å²) in [6.07, 6.45) is 4.58. The lowest BCUT2D eigenvalue weighted by molar-refractivity contribution is -0.385. The average molecular weight is 476 g/mol. The number of ether oxygens (including phenoxy) is 1. The molecule has 0 bridgehead atoms. The number of hydrogen-bond donors (Lipinski definition) is 1. The molecule has 0 radical (unpaired) electrons. The Balaban J connectivity index is 1.70. The van der Waals surface area contributed by atoms with Crippen molar-refractivity contribution >= 4 is 33.3 Å². The summed E-state index contributed by atoms with van der Waals surface area (Å²) in [6.45, 7) is -0.738. The Morgan fingerprint density at radius 2 is 1.73 bits per heavy atom. The summed E-state index contributed by atoms with van der Waals surface area (Å²) in [5.41, 5.74) is -0.663. The van der Waals surface area contributed by atoms with Crippen LogP contribution in [0.1, 0.15) is 42.5 Å². The molecule has 1 aliphatic rings. The van der Waals surface area contributed by atoms with Gasteiger partial charge in [-0.2, -0.15) is 4.31 Å². The van der Waals surface area contributed by atoms with Crippen LogP contribution < -0.4 is 5.32 Å². The minimum atomic E-state index is -3.87. The van der Waals surface area contributed by atoms with Gasteiger partial charge < -0.3 is 10.1 Å². The molecule has 1 N–H and O–H groups in total.